The van der Waals surface area contributed by atoms with Crippen LogP contribution in [0.15, 0.2) is 0 Å². The normalized spacial score (nSPS) is 10.3. The lowest BCUT2D eigenvalue weighted by Crippen LogP contribution is -2.48. The number of quaternary nitrogens is 2. The molecule has 0 radical (unpaired) electrons. The minimum absolute atomic E-state index is 1.00. The van der Waals surface area contributed by atoms with Crippen molar-refractivity contribution in [3.05, 3.63) is 10.1 Å². The second kappa shape index (κ2) is 10.0. The van der Waals surface area contributed by atoms with Crippen molar-refractivity contribution in [3.63, 3.8) is 0 Å². The van der Waals surface area contributed by atoms with E-state index in [9.17, 15) is 10.0 Å². The Kier molecular flexibility index (Phi) is 12.4. The molecule has 0 aromatic rings. The van der Waals surface area contributed by atoms with E-state index >= 15 is 0 Å². The minimum Gasteiger partial charge on any atom is -0.868 e. The van der Waals surface area contributed by atoms with Gasteiger partial charge in [0, 0.05) is 0 Å². The molecule has 0 spiro atoms. The zero-order chi connectivity index (χ0) is 15.6. The summed E-state index contributed by atoms with van der Waals surface area (Å²) in [6.45, 7) is 0. The molecule has 10 heteroatoms. The minimum atomic E-state index is -2.78. The number of hydrogen-bond donors (Lipinski definition) is 0. The Balaban J connectivity index is -0.000000197. The molecule has 0 unspecified atom stereocenters. The highest BCUT2D eigenvalue weighted by Gasteiger charge is 1.89. The lowest BCUT2D eigenvalue weighted by atomic mass is 10.3. The Hall–Kier alpha value is -0.935. The molecule has 0 aliphatic rings. The second-order valence-electron chi connectivity index (χ2n) is 6.05. The average molecular weight is 269 g/mol. The Morgan fingerprint density at radius 2 is 1.11 bits per heavy atom. The van der Waals surface area contributed by atoms with E-state index in [-0.39, 0.29) is 0 Å². The molecule has 18 heavy (non-hydrogen) atoms. The second-order valence-corrected chi connectivity index (χ2v) is 6.05. The van der Waals surface area contributed by atoms with Gasteiger partial charge in [-0.2, -0.15) is 4.99 Å². The summed E-state index contributed by atoms with van der Waals surface area (Å²) in [5.41, 5.74) is 0. The standard InChI is InChI=1S/2C4H12N.BNO6/c2*1-5(2,3)4;3-1(4)7-8-2(5)6/h2*1-4H3;/q2*+1;-2. The molecule has 110 valence electrons. The van der Waals surface area contributed by atoms with Gasteiger partial charge in [-0.3, -0.25) is 0 Å². The molecule has 0 saturated heterocycles. The van der Waals surface area contributed by atoms with Crippen LogP contribution >= 0.6 is 0 Å². The quantitative estimate of drug-likeness (QED) is 0.184. The van der Waals surface area contributed by atoms with Crippen LogP contribution in [-0.2, 0) is 9.79 Å². The lowest BCUT2D eigenvalue weighted by molar-refractivity contribution is -0.849. The van der Waals surface area contributed by atoms with Crippen molar-refractivity contribution in [2.45, 2.75) is 0 Å². The van der Waals surface area contributed by atoms with E-state index in [0.29, 0.717) is 0 Å². The van der Waals surface area contributed by atoms with E-state index in [1.165, 1.54) is 0 Å². The van der Waals surface area contributed by atoms with Gasteiger partial charge >= 0.3 is 5.09 Å². The van der Waals surface area contributed by atoms with Crippen LogP contribution in [0.3, 0.4) is 0 Å². The molecule has 0 fully saturated rings. The summed E-state index contributed by atoms with van der Waals surface area (Å²) in [5, 5.41) is 26.1. The van der Waals surface area contributed by atoms with E-state index in [2.05, 4.69) is 66.2 Å². The maximum absolute atomic E-state index is 9.22. The molecule has 0 heterocycles. The summed E-state index contributed by atoms with van der Waals surface area (Å²) in [7, 11) is 14.2. The summed E-state index contributed by atoms with van der Waals surface area (Å²) in [6.07, 6.45) is 0. The first-order chi connectivity index (χ1) is 7.63. The topological polar surface area (TPSA) is 108 Å². The molecular formula is C8H24BN3O6. The van der Waals surface area contributed by atoms with Crippen molar-refractivity contribution in [3.8, 4) is 0 Å². The monoisotopic (exact) mass is 269 g/mol. The van der Waals surface area contributed by atoms with Crippen molar-refractivity contribution >= 4 is 7.32 Å². The Morgan fingerprint density at radius 1 is 0.889 bits per heavy atom. The van der Waals surface area contributed by atoms with Gasteiger partial charge in [-0.15, -0.1) is 10.1 Å². The lowest BCUT2D eigenvalue weighted by Gasteiger charge is -2.20. The summed E-state index contributed by atoms with van der Waals surface area (Å²) < 4.78 is 2.00. The fraction of sp³-hybridized carbons (Fsp3) is 1.00. The Bertz CT molecular complexity index is 190. The van der Waals surface area contributed by atoms with Gasteiger partial charge < -0.3 is 23.8 Å². The number of rotatable bonds is 3. The van der Waals surface area contributed by atoms with E-state index in [1.807, 2.05) is 0 Å². The van der Waals surface area contributed by atoms with Crippen LogP contribution in [0.1, 0.15) is 0 Å². The fourth-order valence-electron chi connectivity index (χ4n) is 0.0703. The molecule has 0 atom stereocenters. The fourth-order valence-corrected chi connectivity index (χ4v) is 0.0703. The maximum atomic E-state index is 9.22. The van der Waals surface area contributed by atoms with Crippen LogP contribution in [0.5, 0.6) is 0 Å². The number of nitrogens with zero attached hydrogens (tertiary/aromatic N) is 3. The maximum Gasteiger partial charge on any atom is 0.321 e. The molecular weight excluding hydrogens is 245 g/mol. The first-order valence-electron chi connectivity index (χ1n) is 5.00. The highest BCUT2D eigenvalue weighted by atomic mass is 17.3. The van der Waals surface area contributed by atoms with E-state index in [4.69, 9.17) is 10.1 Å². The molecule has 0 amide bonds. The smallest absolute Gasteiger partial charge is 0.321 e. The van der Waals surface area contributed by atoms with Gasteiger partial charge in [0.1, 0.15) is 7.32 Å². The van der Waals surface area contributed by atoms with Gasteiger partial charge in [-0.1, -0.05) is 0 Å². The van der Waals surface area contributed by atoms with Gasteiger partial charge in [0.2, 0.25) is 0 Å². The van der Waals surface area contributed by atoms with Crippen LogP contribution in [0, 0.1) is 10.1 Å². The summed E-state index contributed by atoms with van der Waals surface area (Å²) in [5.74, 6) is 0. The molecule has 0 bridgehead atoms. The Labute approximate surface area is 109 Å². The van der Waals surface area contributed by atoms with Gasteiger partial charge in [-0.05, 0) is 0 Å². The average Bonchev–Trinajstić information content (AvgIpc) is 1.93. The largest absolute Gasteiger partial charge is 0.868 e. The van der Waals surface area contributed by atoms with Crippen LogP contribution in [0.4, 0.5) is 0 Å². The highest BCUT2D eigenvalue weighted by Crippen LogP contribution is 1.74. The van der Waals surface area contributed by atoms with Gasteiger partial charge in [0.15, 0.2) is 0 Å². The van der Waals surface area contributed by atoms with E-state index in [1.54, 1.807) is 0 Å². The van der Waals surface area contributed by atoms with Crippen molar-refractivity contribution in [2.75, 3.05) is 56.4 Å². The van der Waals surface area contributed by atoms with Crippen LogP contribution in [0.2, 0.25) is 0 Å². The molecule has 0 N–H and O–H groups in total. The first-order valence-corrected chi connectivity index (χ1v) is 5.00. The SMILES string of the molecule is C[N+](C)(C)C.C[N+](C)(C)C.O=[N+]([O-])OOB([O-])[O-]. The van der Waals surface area contributed by atoms with Crippen molar-refractivity contribution in [1.29, 1.82) is 0 Å². The molecule has 0 aliphatic heterocycles. The van der Waals surface area contributed by atoms with Crippen LogP contribution in [-0.4, -0.2) is 77.8 Å². The summed E-state index contributed by atoms with van der Waals surface area (Å²) >= 11 is 0. The molecule has 0 aliphatic carbocycles. The Morgan fingerprint density at radius 3 is 1.17 bits per heavy atom. The molecule has 0 rings (SSSR count). The van der Waals surface area contributed by atoms with Gasteiger partial charge in [-0.25, -0.2) is 0 Å². The van der Waals surface area contributed by atoms with Crippen molar-refractivity contribution in [1.82, 2.24) is 0 Å². The summed E-state index contributed by atoms with van der Waals surface area (Å²) in [6, 6.07) is 0. The summed E-state index contributed by atoms with van der Waals surface area (Å²) in [4.78, 5) is 15.0. The van der Waals surface area contributed by atoms with Crippen LogP contribution < -0.4 is 10.0 Å². The van der Waals surface area contributed by atoms with Gasteiger partial charge in [0.05, 0.1) is 56.4 Å². The third kappa shape index (κ3) is 180. The van der Waals surface area contributed by atoms with E-state index in [0.717, 1.165) is 8.97 Å². The predicted octanol–water partition coefficient (Wildman–Crippen LogP) is -2.52. The molecule has 9 nitrogen and oxygen atoms in total. The first kappa shape index (κ1) is 22.3. The zero-order valence-corrected chi connectivity index (χ0v) is 12.4. The zero-order valence-electron chi connectivity index (χ0n) is 12.4. The van der Waals surface area contributed by atoms with E-state index < -0.39 is 12.4 Å². The van der Waals surface area contributed by atoms with Crippen LogP contribution in [0.25, 0.3) is 0 Å². The van der Waals surface area contributed by atoms with Crippen molar-refractivity contribution in [2.24, 2.45) is 0 Å². The molecule has 0 saturated carbocycles. The highest BCUT2D eigenvalue weighted by molar-refractivity contribution is 6.27. The van der Waals surface area contributed by atoms with Gasteiger partial charge in [0.25, 0.3) is 0 Å². The molecule has 0 aromatic heterocycles. The third-order valence-corrected chi connectivity index (χ3v) is 0.182. The third-order valence-electron chi connectivity index (χ3n) is 0.182. The predicted molar refractivity (Wildman–Crippen MR) is 62.8 cm³/mol. The van der Waals surface area contributed by atoms with Crippen molar-refractivity contribution < 1.29 is 33.9 Å². The molecule has 0 aromatic carbocycles. The number of hydrogen-bond acceptors (Lipinski definition) is 6.